The largest absolute Gasteiger partial charge is 0.496 e. The van der Waals surface area contributed by atoms with Crippen LogP contribution in [0.5, 0.6) is 5.75 Å². The number of rotatable bonds is 8. The van der Waals surface area contributed by atoms with Gasteiger partial charge in [0.05, 0.1) is 28.3 Å². The van der Waals surface area contributed by atoms with E-state index in [0.29, 0.717) is 30.9 Å². The molecule has 5 rings (SSSR count). The number of nitro benzene ring substituents is 1. The lowest BCUT2D eigenvalue weighted by molar-refractivity contribution is -0.385. The third-order valence-corrected chi connectivity index (χ3v) is 8.14. The van der Waals surface area contributed by atoms with E-state index in [-0.39, 0.29) is 24.3 Å². The van der Waals surface area contributed by atoms with Crippen LogP contribution in [0.3, 0.4) is 0 Å². The van der Waals surface area contributed by atoms with Crippen molar-refractivity contribution in [3.8, 4) is 5.75 Å². The molecule has 1 unspecified atom stereocenters. The molecule has 0 aliphatic carbocycles. The number of fused-ring (bicyclic) bond motifs is 1. The minimum absolute atomic E-state index is 0.0398. The van der Waals surface area contributed by atoms with Crippen molar-refractivity contribution in [3.63, 3.8) is 0 Å². The highest BCUT2D eigenvalue weighted by atomic mass is 32.1. The van der Waals surface area contributed by atoms with E-state index >= 15 is 0 Å². The summed E-state index contributed by atoms with van der Waals surface area (Å²) in [6.07, 6.45) is -1.70. The SMILES string of the molecule is COc1ccc([N+](=O)[O-])c2c1CNC(c1csc(C3CCN(C=Cn4nc(C(F)F)cc4C(F)F)CC3)n1)NC2. The highest BCUT2D eigenvalue weighted by molar-refractivity contribution is 7.09. The van der Waals surface area contributed by atoms with Crippen LogP contribution < -0.4 is 15.4 Å². The second-order valence-corrected chi connectivity index (χ2v) is 10.3. The molecule has 40 heavy (non-hydrogen) atoms. The lowest BCUT2D eigenvalue weighted by Gasteiger charge is -2.30. The third-order valence-electron chi connectivity index (χ3n) is 7.11. The summed E-state index contributed by atoms with van der Waals surface area (Å²) in [6.45, 7) is 1.93. The summed E-state index contributed by atoms with van der Waals surface area (Å²) in [6, 6.07) is 3.78. The summed E-state index contributed by atoms with van der Waals surface area (Å²) < 4.78 is 58.5. The number of benzene rings is 1. The maximum absolute atomic E-state index is 13.2. The fourth-order valence-corrected chi connectivity index (χ4v) is 6.01. The van der Waals surface area contributed by atoms with Crippen molar-refractivity contribution in [3.05, 3.63) is 73.1 Å². The quantitative estimate of drug-likeness (QED) is 0.209. The van der Waals surface area contributed by atoms with Crippen LogP contribution >= 0.6 is 11.3 Å². The van der Waals surface area contributed by atoms with Gasteiger partial charge in [0.1, 0.15) is 23.3 Å². The Bertz CT molecular complexity index is 1390. The summed E-state index contributed by atoms with van der Waals surface area (Å²) in [5.74, 6) is 0.794. The summed E-state index contributed by atoms with van der Waals surface area (Å²) in [5.41, 5.74) is 0.897. The van der Waals surface area contributed by atoms with Gasteiger partial charge in [-0.05, 0) is 25.0 Å². The van der Waals surface area contributed by atoms with E-state index in [4.69, 9.17) is 9.72 Å². The zero-order valence-corrected chi connectivity index (χ0v) is 22.2. The minimum Gasteiger partial charge on any atom is -0.496 e. The Morgan fingerprint density at radius 1 is 1.12 bits per heavy atom. The van der Waals surface area contributed by atoms with Crippen molar-refractivity contribution in [1.82, 2.24) is 30.3 Å². The molecule has 2 N–H and O–H groups in total. The number of alkyl halides is 4. The Hall–Kier alpha value is -3.56. The highest BCUT2D eigenvalue weighted by Gasteiger charge is 2.28. The molecule has 1 fully saturated rings. The van der Waals surface area contributed by atoms with E-state index in [2.05, 4.69) is 15.7 Å². The third kappa shape index (κ3) is 5.81. The first-order chi connectivity index (χ1) is 19.2. The molecule has 15 heteroatoms. The van der Waals surface area contributed by atoms with Crippen molar-refractivity contribution in [2.45, 2.75) is 50.9 Å². The molecule has 3 aromatic rings. The number of likely N-dealkylation sites (tertiary alicyclic amines) is 1. The van der Waals surface area contributed by atoms with Crippen molar-refractivity contribution >= 4 is 23.2 Å². The molecule has 10 nitrogen and oxygen atoms in total. The molecule has 2 aromatic heterocycles. The number of hydrogen-bond donors (Lipinski definition) is 2. The molecule has 0 saturated carbocycles. The van der Waals surface area contributed by atoms with E-state index < -0.39 is 29.2 Å². The van der Waals surface area contributed by atoms with Gasteiger partial charge in [0.2, 0.25) is 0 Å². The molecule has 1 aromatic carbocycles. The standard InChI is InChI=1S/C25H27F4N7O3S/c1-39-21-3-2-19(36(37)38)15-11-30-24(31-12-16(15)21)18-13-40-25(32-18)14-4-6-34(7-5-14)8-9-35-20(23(28)29)10-17(33-35)22(26)27/h2-3,8-10,13-14,22-24,30-31H,4-7,11-12H2,1H3. The second kappa shape index (κ2) is 11.9. The Balaban J connectivity index is 1.21. The van der Waals surface area contributed by atoms with Crippen LogP contribution in [0.4, 0.5) is 23.2 Å². The van der Waals surface area contributed by atoms with Gasteiger partial charge in [0, 0.05) is 61.5 Å². The van der Waals surface area contributed by atoms with E-state index in [1.54, 1.807) is 23.6 Å². The van der Waals surface area contributed by atoms with Crippen LogP contribution in [-0.4, -0.2) is 44.8 Å². The maximum atomic E-state index is 13.2. The average molecular weight is 582 g/mol. The molecule has 2 aliphatic heterocycles. The van der Waals surface area contributed by atoms with E-state index in [9.17, 15) is 27.7 Å². The highest BCUT2D eigenvalue weighted by Crippen LogP contribution is 2.35. The van der Waals surface area contributed by atoms with Crippen LogP contribution in [0.15, 0.2) is 29.8 Å². The fourth-order valence-electron chi connectivity index (χ4n) is 4.99. The molecule has 0 amide bonds. The van der Waals surface area contributed by atoms with Crippen molar-refractivity contribution in [2.24, 2.45) is 0 Å². The number of aromatic nitrogens is 3. The number of nitrogens with zero attached hydrogens (tertiary/aromatic N) is 5. The molecule has 1 saturated heterocycles. The van der Waals surface area contributed by atoms with E-state index in [0.717, 1.165) is 39.9 Å². The van der Waals surface area contributed by atoms with E-state index in [1.807, 2.05) is 10.3 Å². The fraction of sp³-hybridized carbons (Fsp3) is 0.440. The Morgan fingerprint density at radius 3 is 2.50 bits per heavy atom. The van der Waals surface area contributed by atoms with Gasteiger partial charge >= 0.3 is 0 Å². The van der Waals surface area contributed by atoms with Crippen LogP contribution in [0.25, 0.3) is 6.20 Å². The summed E-state index contributed by atoms with van der Waals surface area (Å²) in [4.78, 5) is 18.0. The number of hydrogen-bond acceptors (Lipinski definition) is 9. The Kier molecular flexibility index (Phi) is 8.32. The molecule has 0 radical (unpaired) electrons. The minimum atomic E-state index is -2.92. The normalized spacial score (nSPS) is 18.5. The number of halogens is 4. The molecule has 0 spiro atoms. The van der Waals surface area contributed by atoms with Crippen LogP contribution in [-0.2, 0) is 13.1 Å². The van der Waals surface area contributed by atoms with Gasteiger partial charge in [-0.25, -0.2) is 27.2 Å². The predicted octanol–water partition coefficient (Wildman–Crippen LogP) is 5.33. The number of methoxy groups -OCH3 is 1. The van der Waals surface area contributed by atoms with Crippen molar-refractivity contribution in [2.75, 3.05) is 20.2 Å². The van der Waals surface area contributed by atoms with Gasteiger partial charge in [-0.15, -0.1) is 11.3 Å². The first-order valence-corrected chi connectivity index (χ1v) is 13.5. The van der Waals surface area contributed by atoms with Gasteiger partial charge in [0.25, 0.3) is 18.5 Å². The zero-order valence-electron chi connectivity index (χ0n) is 21.4. The number of piperidine rings is 1. The van der Waals surface area contributed by atoms with Crippen molar-refractivity contribution in [1.29, 1.82) is 0 Å². The van der Waals surface area contributed by atoms with E-state index in [1.165, 1.54) is 19.4 Å². The van der Waals surface area contributed by atoms with Crippen LogP contribution in [0.2, 0.25) is 0 Å². The zero-order chi connectivity index (χ0) is 28.4. The predicted molar refractivity (Wildman–Crippen MR) is 139 cm³/mol. The van der Waals surface area contributed by atoms with Gasteiger partial charge in [-0.2, -0.15) is 5.10 Å². The van der Waals surface area contributed by atoms with Gasteiger partial charge in [-0.3, -0.25) is 20.7 Å². The molecule has 0 bridgehead atoms. The smallest absolute Gasteiger partial charge is 0.282 e. The van der Waals surface area contributed by atoms with Gasteiger partial charge in [0.15, 0.2) is 0 Å². The summed E-state index contributed by atoms with van der Waals surface area (Å²) in [7, 11) is 1.53. The number of nitro groups is 1. The molecular formula is C25H27F4N7O3S. The average Bonchev–Trinajstić information content (AvgIpc) is 3.55. The molecule has 1 atom stereocenters. The van der Waals surface area contributed by atoms with Gasteiger partial charge < -0.3 is 9.64 Å². The lowest BCUT2D eigenvalue weighted by atomic mass is 9.98. The second-order valence-electron chi connectivity index (χ2n) is 9.46. The van der Waals surface area contributed by atoms with Crippen LogP contribution in [0, 0.1) is 10.1 Å². The molecule has 214 valence electrons. The number of thiazole rings is 1. The first kappa shape index (κ1) is 28.0. The Morgan fingerprint density at radius 2 is 1.85 bits per heavy atom. The molecule has 2 aliphatic rings. The monoisotopic (exact) mass is 581 g/mol. The molecule has 4 heterocycles. The number of nitrogens with one attached hydrogen (secondary N) is 2. The Labute approximate surface area is 230 Å². The van der Waals surface area contributed by atoms with Crippen LogP contribution in [0.1, 0.15) is 71.0 Å². The molecular weight excluding hydrogens is 554 g/mol. The summed E-state index contributed by atoms with van der Waals surface area (Å²) in [5, 5.41) is 24.8. The lowest BCUT2D eigenvalue weighted by Crippen LogP contribution is -2.31. The number of ether oxygens (including phenoxy) is 1. The van der Waals surface area contributed by atoms with Gasteiger partial charge in [-0.1, -0.05) is 0 Å². The summed E-state index contributed by atoms with van der Waals surface area (Å²) >= 11 is 1.55. The maximum Gasteiger partial charge on any atom is 0.282 e. The topological polar surface area (TPSA) is 110 Å². The van der Waals surface area contributed by atoms with Crippen molar-refractivity contribution < 1.29 is 27.2 Å². The first-order valence-electron chi connectivity index (χ1n) is 12.6.